The predicted octanol–water partition coefficient (Wildman–Crippen LogP) is 2.49. The Labute approximate surface area is 91.4 Å². The lowest BCUT2D eigenvalue weighted by Crippen LogP contribution is -2.18. The van der Waals surface area contributed by atoms with E-state index in [4.69, 9.17) is 10.5 Å². The summed E-state index contributed by atoms with van der Waals surface area (Å²) in [7, 11) is 1.45. The van der Waals surface area contributed by atoms with E-state index in [1.165, 1.54) is 7.11 Å². The second-order valence-corrected chi connectivity index (χ2v) is 4.09. The van der Waals surface area contributed by atoms with Gasteiger partial charge in [0.25, 0.3) is 0 Å². The first-order chi connectivity index (χ1) is 6.56. The number of ether oxygens (including phenoxy) is 1. The third-order valence-corrected chi connectivity index (χ3v) is 2.49. The van der Waals surface area contributed by atoms with Crippen LogP contribution in [0.15, 0.2) is 16.6 Å². The minimum Gasteiger partial charge on any atom is -0.493 e. The number of nitrogens with two attached hydrogens (primary N) is 1. The van der Waals surface area contributed by atoms with Crippen LogP contribution in [0.4, 0.5) is 4.39 Å². The van der Waals surface area contributed by atoms with Gasteiger partial charge in [0, 0.05) is 6.04 Å². The Morgan fingerprint density at radius 1 is 1.57 bits per heavy atom. The zero-order chi connectivity index (χ0) is 10.7. The van der Waals surface area contributed by atoms with Crippen molar-refractivity contribution in [2.24, 2.45) is 5.73 Å². The van der Waals surface area contributed by atoms with Gasteiger partial charge in [-0.2, -0.15) is 0 Å². The molecule has 2 nitrogen and oxygen atoms in total. The molecule has 0 fully saturated rings. The Morgan fingerprint density at radius 2 is 2.21 bits per heavy atom. The maximum Gasteiger partial charge on any atom is 0.179 e. The molecule has 0 saturated carbocycles. The van der Waals surface area contributed by atoms with Crippen molar-refractivity contribution in [3.63, 3.8) is 0 Å². The van der Waals surface area contributed by atoms with Crippen molar-refractivity contribution in [3.8, 4) is 5.75 Å². The van der Waals surface area contributed by atoms with E-state index in [2.05, 4.69) is 15.9 Å². The fourth-order valence-corrected chi connectivity index (χ4v) is 1.61. The summed E-state index contributed by atoms with van der Waals surface area (Å²) in [5.41, 5.74) is 6.44. The van der Waals surface area contributed by atoms with Gasteiger partial charge in [-0.3, -0.25) is 0 Å². The molecule has 1 unspecified atom stereocenters. The number of halogens is 2. The van der Waals surface area contributed by atoms with Gasteiger partial charge >= 0.3 is 0 Å². The molecule has 1 aromatic carbocycles. The topological polar surface area (TPSA) is 35.2 Å². The molecule has 2 N–H and O–H groups in total. The molecule has 14 heavy (non-hydrogen) atoms. The van der Waals surface area contributed by atoms with E-state index in [9.17, 15) is 4.39 Å². The highest BCUT2D eigenvalue weighted by atomic mass is 79.9. The molecule has 78 valence electrons. The summed E-state index contributed by atoms with van der Waals surface area (Å²) in [6.45, 7) is 1.87. The molecular formula is C10H13BrFNO. The van der Waals surface area contributed by atoms with E-state index in [-0.39, 0.29) is 17.6 Å². The van der Waals surface area contributed by atoms with Crippen LogP contribution in [-0.4, -0.2) is 13.2 Å². The van der Waals surface area contributed by atoms with Crippen LogP contribution in [0, 0.1) is 5.82 Å². The largest absolute Gasteiger partial charge is 0.493 e. The molecular weight excluding hydrogens is 249 g/mol. The first-order valence-electron chi connectivity index (χ1n) is 4.32. The monoisotopic (exact) mass is 261 g/mol. The van der Waals surface area contributed by atoms with Gasteiger partial charge in [0.15, 0.2) is 11.6 Å². The van der Waals surface area contributed by atoms with Crippen LogP contribution in [-0.2, 0) is 6.42 Å². The summed E-state index contributed by atoms with van der Waals surface area (Å²) in [6.07, 6.45) is 0.605. The van der Waals surface area contributed by atoms with E-state index >= 15 is 0 Å². The Kier molecular flexibility index (Phi) is 3.89. The lowest BCUT2D eigenvalue weighted by molar-refractivity contribution is 0.379. The minimum atomic E-state index is -0.370. The molecule has 0 spiro atoms. The standard InChI is InChI=1S/C10H13BrFNO/c1-6(13)5-7-3-4-8(11)9(12)10(7)14-2/h3-4,6H,5,13H2,1-2H3. The van der Waals surface area contributed by atoms with Gasteiger partial charge in [-0.05, 0) is 40.9 Å². The van der Waals surface area contributed by atoms with Gasteiger partial charge in [0.1, 0.15) is 0 Å². The van der Waals surface area contributed by atoms with Gasteiger partial charge < -0.3 is 10.5 Å². The maximum absolute atomic E-state index is 13.5. The second-order valence-electron chi connectivity index (χ2n) is 3.24. The van der Waals surface area contributed by atoms with E-state index in [1.807, 2.05) is 13.0 Å². The van der Waals surface area contributed by atoms with Gasteiger partial charge in [0.05, 0.1) is 11.6 Å². The van der Waals surface area contributed by atoms with E-state index < -0.39 is 0 Å². The van der Waals surface area contributed by atoms with Gasteiger partial charge in [-0.15, -0.1) is 0 Å². The Bertz CT molecular complexity index is 328. The van der Waals surface area contributed by atoms with Crippen LogP contribution in [0.25, 0.3) is 0 Å². The van der Waals surface area contributed by atoms with Crippen LogP contribution >= 0.6 is 15.9 Å². The summed E-state index contributed by atoms with van der Waals surface area (Å²) in [6, 6.07) is 3.47. The van der Waals surface area contributed by atoms with Crippen molar-refractivity contribution >= 4 is 15.9 Å². The highest BCUT2D eigenvalue weighted by Crippen LogP contribution is 2.29. The normalized spacial score (nSPS) is 12.6. The fraction of sp³-hybridized carbons (Fsp3) is 0.400. The molecule has 0 aliphatic heterocycles. The van der Waals surface area contributed by atoms with Crippen molar-refractivity contribution in [2.45, 2.75) is 19.4 Å². The van der Waals surface area contributed by atoms with Crippen molar-refractivity contribution in [1.29, 1.82) is 0 Å². The smallest absolute Gasteiger partial charge is 0.179 e. The van der Waals surface area contributed by atoms with E-state index in [0.29, 0.717) is 10.9 Å². The van der Waals surface area contributed by atoms with Crippen LogP contribution in [0.3, 0.4) is 0 Å². The van der Waals surface area contributed by atoms with Crippen LogP contribution in [0.1, 0.15) is 12.5 Å². The Morgan fingerprint density at radius 3 is 2.71 bits per heavy atom. The zero-order valence-electron chi connectivity index (χ0n) is 8.18. The van der Waals surface area contributed by atoms with Gasteiger partial charge in [0.2, 0.25) is 0 Å². The molecule has 0 aromatic heterocycles. The van der Waals surface area contributed by atoms with Crippen LogP contribution < -0.4 is 10.5 Å². The molecule has 0 aliphatic carbocycles. The van der Waals surface area contributed by atoms with Crippen molar-refractivity contribution in [3.05, 3.63) is 28.0 Å². The van der Waals surface area contributed by atoms with E-state index in [1.54, 1.807) is 6.07 Å². The molecule has 0 aliphatic rings. The lowest BCUT2D eigenvalue weighted by Gasteiger charge is -2.12. The number of rotatable bonds is 3. The van der Waals surface area contributed by atoms with Crippen molar-refractivity contribution < 1.29 is 9.13 Å². The summed E-state index contributed by atoms with van der Waals surface area (Å²) in [5, 5.41) is 0. The molecule has 0 radical (unpaired) electrons. The molecule has 0 heterocycles. The molecule has 0 amide bonds. The number of hydrogen-bond donors (Lipinski definition) is 1. The summed E-state index contributed by atoms with van der Waals surface area (Å²) in [5.74, 6) is -0.0951. The summed E-state index contributed by atoms with van der Waals surface area (Å²) < 4.78 is 18.9. The molecule has 1 rings (SSSR count). The number of benzene rings is 1. The highest BCUT2D eigenvalue weighted by molar-refractivity contribution is 9.10. The van der Waals surface area contributed by atoms with Gasteiger partial charge in [-0.25, -0.2) is 4.39 Å². The van der Waals surface area contributed by atoms with Crippen LogP contribution in [0.2, 0.25) is 0 Å². The molecule has 0 bridgehead atoms. The third kappa shape index (κ3) is 2.45. The highest BCUT2D eigenvalue weighted by Gasteiger charge is 2.13. The predicted molar refractivity (Wildman–Crippen MR) is 58.0 cm³/mol. The summed E-state index contributed by atoms with van der Waals surface area (Å²) >= 11 is 3.10. The van der Waals surface area contributed by atoms with E-state index in [0.717, 1.165) is 5.56 Å². The first kappa shape index (κ1) is 11.5. The van der Waals surface area contributed by atoms with Crippen molar-refractivity contribution in [1.82, 2.24) is 0 Å². The second kappa shape index (κ2) is 4.75. The average molecular weight is 262 g/mol. The maximum atomic E-state index is 13.5. The Balaban J connectivity index is 3.10. The number of hydrogen-bond acceptors (Lipinski definition) is 2. The van der Waals surface area contributed by atoms with Crippen molar-refractivity contribution in [2.75, 3.05) is 7.11 Å². The zero-order valence-corrected chi connectivity index (χ0v) is 9.77. The number of methoxy groups -OCH3 is 1. The summed E-state index contributed by atoms with van der Waals surface area (Å²) in [4.78, 5) is 0. The first-order valence-corrected chi connectivity index (χ1v) is 5.12. The van der Waals surface area contributed by atoms with Gasteiger partial charge in [-0.1, -0.05) is 6.07 Å². The Hall–Kier alpha value is -0.610. The SMILES string of the molecule is COc1c(CC(C)N)ccc(Br)c1F. The lowest BCUT2D eigenvalue weighted by atomic mass is 10.1. The van der Waals surface area contributed by atoms with Crippen LogP contribution in [0.5, 0.6) is 5.75 Å². The molecule has 4 heteroatoms. The average Bonchev–Trinajstić information content (AvgIpc) is 2.11. The third-order valence-electron chi connectivity index (χ3n) is 1.88. The molecule has 1 atom stereocenters. The quantitative estimate of drug-likeness (QED) is 0.908. The fourth-order valence-electron chi connectivity index (χ4n) is 1.30. The minimum absolute atomic E-state index is 0.00974. The molecule has 0 saturated heterocycles. The molecule has 1 aromatic rings.